The number of halogens is 3. The van der Waals surface area contributed by atoms with Gasteiger partial charge in [0, 0.05) is 11.8 Å². The molecule has 3 heterocycles. The number of nitrogens with two attached hydrogens (primary N) is 1. The molecular formula is C18H14F3N3O4S2. The van der Waals surface area contributed by atoms with E-state index in [2.05, 4.69) is 9.72 Å². The first-order valence-corrected chi connectivity index (χ1v) is 10.0. The number of hydrogen-bond acceptors (Lipinski definition) is 8. The van der Waals surface area contributed by atoms with Crippen LogP contribution in [0.4, 0.5) is 18.9 Å². The van der Waals surface area contributed by atoms with Crippen molar-refractivity contribution in [1.82, 2.24) is 10.3 Å². The van der Waals surface area contributed by atoms with Gasteiger partial charge in [0.1, 0.15) is 10.9 Å². The summed E-state index contributed by atoms with van der Waals surface area (Å²) in [5, 5.41) is 3.88. The molecular weight excluding hydrogens is 443 g/mol. The number of rotatable bonds is 6. The molecule has 3 N–H and O–H groups in total. The lowest BCUT2D eigenvalue weighted by Gasteiger charge is -2.16. The zero-order valence-electron chi connectivity index (χ0n) is 15.3. The van der Waals surface area contributed by atoms with Gasteiger partial charge in [-0.3, -0.25) is 9.59 Å². The smallest absolute Gasteiger partial charge is 0.467 e. The number of nitrogen functional groups attached to an aromatic ring is 1. The molecule has 3 rings (SSSR count). The van der Waals surface area contributed by atoms with Gasteiger partial charge < -0.3 is 15.8 Å². The molecule has 1 amide bonds. The summed E-state index contributed by atoms with van der Waals surface area (Å²) < 4.78 is 42.0. The number of ketones is 1. The number of methoxy groups -OCH3 is 1. The van der Waals surface area contributed by atoms with E-state index < -0.39 is 36.3 Å². The Morgan fingerprint density at radius 3 is 2.60 bits per heavy atom. The quantitative estimate of drug-likeness (QED) is 0.434. The Labute approximate surface area is 175 Å². The van der Waals surface area contributed by atoms with Gasteiger partial charge in [-0.25, -0.2) is 9.78 Å². The van der Waals surface area contributed by atoms with Gasteiger partial charge in [-0.2, -0.15) is 13.2 Å². The molecule has 12 heteroatoms. The van der Waals surface area contributed by atoms with E-state index in [-0.39, 0.29) is 10.6 Å². The number of carbonyl (C=O) groups is 3. The van der Waals surface area contributed by atoms with Gasteiger partial charge >= 0.3 is 18.1 Å². The first kappa shape index (κ1) is 21.7. The molecule has 3 aromatic heterocycles. The lowest BCUT2D eigenvalue weighted by atomic mass is 10.1. The van der Waals surface area contributed by atoms with E-state index in [1.165, 1.54) is 16.7 Å². The minimum atomic E-state index is -5.21. The van der Waals surface area contributed by atoms with Crippen molar-refractivity contribution >= 4 is 56.2 Å². The maximum Gasteiger partial charge on any atom is 0.471 e. The van der Waals surface area contributed by atoms with Gasteiger partial charge in [-0.15, -0.1) is 22.7 Å². The van der Waals surface area contributed by atoms with Crippen LogP contribution in [0.2, 0.25) is 0 Å². The average molecular weight is 457 g/mol. The molecule has 0 aromatic carbocycles. The molecule has 0 aliphatic heterocycles. The third-order valence-corrected chi connectivity index (χ3v) is 6.11. The fraction of sp³-hybridized carbons (Fsp3) is 0.222. The SMILES string of the molecule is COC(=O)[C@@H](CC(=O)c1sc2nc(-c3cccs3)ccc2c1N)NC(=O)C(F)(F)F. The number of nitrogens with one attached hydrogen (secondary N) is 1. The summed E-state index contributed by atoms with van der Waals surface area (Å²) in [5.74, 6) is -4.25. The van der Waals surface area contributed by atoms with Crippen LogP contribution in [-0.4, -0.2) is 42.0 Å². The van der Waals surface area contributed by atoms with E-state index in [9.17, 15) is 27.6 Å². The highest BCUT2D eigenvalue weighted by Crippen LogP contribution is 2.35. The van der Waals surface area contributed by atoms with E-state index in [0.29, 0.717) is 15.9 Å². The molecule has 1 atom stereocenters. The third-order valence-electron chi connectivity index (χ3n) is 4.06. The number of fused-ring (bicyclic) bond motifs is 1. The number of amides is 1. The van der Waals surface area contributed by atoms with Crippen LogP contribution in [0.25, 0.3) is 20.8 Å². The van der Waals surface area contributed by atoms with Crippen molar-refractivity contribution in [3.63, 3.8) is 0 Å². The number of carbonyl (C=O) groups excluding carboxylic acids is 3. The second kappa shape index (κ2) is 8.40. The number of Topliss-reactive ketones (excluding diaryl/α,β-unsaturated/α-hetero) is 1. The molecule has 0 radical (unpaired) electrons. The monoisotopic (exact) mass is 457 g/mol. The topological polar surface area (TPSA) is 111 Å². The highest BCUT2D eigenvalue weighted by atomic mass is 32.1. The molecule has 7 nitrogen and oxygen atoms in total. The van der Waals surface area contributed by atoms with Crippen LogP contribution in [0, 0.1) is 0 Å². The molecule has 0 fully saturated rings. The lowest BCUT2D eigenvalue weighted by molar-refractivity contribution is -0.175. The number of nitrogens with zero attached hydrogens (tertiary/aromatic N) is 1. The summed E-state index contributed by atoms with van der Waals surface area (Å²) in [6, 6.07) is 5.38. The normalized spacial score (nSPS) is 12.5. The van der Waals surface area contributed by atoms with Gasteiger partial charge in [0.05, 0.1) is 28.2 Å². The number of ether oxygens (including phenoxy) is 1. The van der Waals surface area contributed by atoms with E-state index in [0.717, 1.165) is 23.3 Å². The van der Waals surface area contributed by atoms with Crippen molar-refractivity contribution in [2.24, 2.45) is 0 Å². The van der Waals surface area contributed by atoms with Crippen molar-refractivity contribution in [2.75, 3.05) is 12.8 Å². The predicted molar refractivity (Wildman–Crippen MR) is 106 cm³/mol. The minimum Gasteiger partial charge on any atom is -0.467 e. The maximum absolute atomic E-state index is 12.7. The second-order valence-corrected chi connectivity index (χ2v) is 7.99. The molecule has 30 heavy (non-hydrogen) atoms. The Morgan fingerprint density at radius 1 is 1.27 bits per heavy atom. The number of esters is 1. The summed E-state index contributed by atoms with van der Waals surface area (Å²) in [6.07, 6.45) is -5.96. The Kier molecular flexibility index (Phi) is 6.08. The lowest BCUT2D eigenvalue weighted by Crippen LogP contribution is -2.48. The number of anilines is 1. The van der Waals surface area contributed by atoms with Crippen molar-refractivity contribution in [3.05, 3.63) is 34.5 Å². The van der Waals surface area contributed by atoms with Gasteiger partial charge in [0.2, 0.25) is 0 Å². The summed E-state index contributed by atoms with van der Waals surface area (Å²) in [6.45, 7) is 0. The molecule has 0 aliphatic rings. The van der Waals surface area contributed by atoms with Crippen molar-refractivity contribution in [2.45, 2.75) is 18.6 Å². The molecule has 0 saturated heterocycles. The van der Waals surface area contributed by atoms with Gasteiger partial charge in [0.25, 0.3) is 0 Å². The Bertz CT molecular complexity index is 1110. The highest BCUT2D eigenvalue weighted by Gasteiger charge is 2.41. The highest BCUT2D eigenvalue weighted by molar-refractivity contribution is 7.21. The Balaban J connectivity index is 1.88. The predicted octanol–water partition coefficient (Wildman–Crippen LogP) is 3.40. The molecule has 0 spiro atoms. The van der Waals surface area contributed by atoms with Crippen LogP contribution in [0.5, 0.6) is 0 Å². The molecule has 0 bridgehead atoms. The largest absolute Gasteiger partial charge is 0.471 e. The van der Waals surface area contributed by atoms with E-state index in [1.54, 1.807) is 12.1 Å². The standard InChI is InChI=1S/C18H14F3N3O4S2/c1-28-16(26)10(24-17(27)18(19,20)21)7-11(25)14-13(22)8-4-5-9(23-15(8)30-14)12-3-2-6-29-12/h2-6,10H,7,22H2,1H3,(H,24,27)/t10-/m1/s1. The molecule has 0 aliphatic carbocycles. The Morgan fingerprint density at radius 2 is 2.00 bits per heavy atom. The van der Waals surface area contributed by atoms with Crippen LogP contribution < -0.4 is 11.1 Å². The zero-order chi connectivity index (χ0) is 22.1. The van der Waals surface area contributed by atoms with Crippen molar-refractivity contribution in [3.8, 4) is 10.6 Å². The number of hydrogen-bond donors (Lipinski definition) is 2. The van der Waals surface area contributed by atoms with Gasteiger partial charge in [-0.1, -0.05) is 6.07 Å². The fourth-order valence-corrected chi connectivity index (χ4v) is 4.36. The van der Waals surface area contributed by atoms with Crippen LogP contribution in [0.3, 0.4) is 0 Å². The van der Waals surface area contributed by atoms with Crippen molar-refractivity contribution in [1.29, 1.82) is 0 Å². The van der Waals surface area contributed by atoms with E-state index >= 15 is 0 Å². The number of alkyl halides is 3. The third kappa shape index (κ3) is 4.44. The van der Waals surface area contributed by atoms with Gasteiger partial charge in [0.15, 0.2) is 5.78 Å². The van der Waals surface area contributed by atoms with E-state index in [1.807, 2.05) is 17.5 Å². The average Bonchev–Trinajstić information content (AvgIpc) is 3.34. The maximum atomic E-state index is 12.7. The molecule has 0 saturated carbocycles. The molecule has 158 valence electrons. The van der Waals surface area contributed by atoms with E-state index in [4.69, 9.17) is 5.73 Å². The summed E-state index contributed by atoms with van der Waals surface area (Å²) in [5.41, 5.74) is 6.82. The fourth-order valence-electron chi connectivity index (χ4n) is 2.62. The van der Waals surface area contributed by atoms with Crippen LogP contribution in [0.1, 0.15) is 16.1 Å². The summed E-state index contributed by atoms with van der Waals surface area (Å²) in [7, 11) is 0.934. The number of thiophene rings is 2. The van der Waals surface area contributed by atoms with Gasteiger partial charge in [-0.05, 0) is 23.6 Å². The Hall–Kier alpha value is -2.99. The minimum absolute atomic E-state index is 0.0380. The number of pyridine rings is 1. The summed E-state index contributed by atoms with van der Waals surface area (Å²) >= 11 is 2.45. The van der Waals surface area contributed by atoms with Crippen LogP contribution >= 0.6 is 22.7 Å². The zero-order valence-corrected chi connectivity index (χ0v) is 16.9. The second-order valence-electron chi connectivity index (χ2n) is 6.05. The molecule has 3 aromatic rings. The van der Waals surface area contributed by atoms with Crippen LogP contribution in [-0.2, 0) is 14.3 Å². The molecule has 0 unspecified atom stereocenters. The first-order valence-electron chi connectivity index (χ1n) is 8.33. The first-order chi connectivity index (χ1) is 14.1. The summed E-state index contributed by atoms with van der Waals surface area (Å²) in [4.78, 5) is 41.5. The number of aromatic nitrogens is 1. The van der Waals surface area contributed by atoms with Crippen LogP contribution in [0.15, 0.2) is 29.6 Å². The van der Waals surface area contributed by atoms with Crippen molar-refractivity contribution < 1.29 is 32.3 Å².